The zero-order chi connectivity index (χ0) is 15.8. The van der Waals surface area contributed by atoms with Gasteiger partial charge in [0.1, 0.15) is 11.5 Å². The minimum Gasteiger partial charge on any atom is -0.493 e. The molecule has 4 nitrogen and oxygen atoms in total. The van der Waals surface area contributed by atoms with E-state index in [1.54, 1.807) is 12.1 Å². The molecule has 0 bridgehead atoms. The molecule has 0 saturated carbocycles. The van der Waals surface area contributed by atoms with E-state index in [1.807, 2.05) is 42.5 Å². The molecular weight excluding hydrogens is 366 g/mol. The SMILES string of the molecule is O=C(C[S@](=O)CCOc1cccc(Br)c1)Nc1ccccc1. The maximum Gasteiger partial charge on any atom is 0.236 e. The molecule has 2 rings (SSSR count). The van der Waals surface area contributed by atoms with E-state index < -0.39 is 10.8 Å². The number of hydrogen-bond donors (Lipinski definition) is 1. The van der Waals surface area contributed by atoms with E-state index in [9.17, 15) is 9.00 Å². The van der Waals surface area contributed by atoms with Crippen LogP contribution in [0.2, 0.25) is 0 Å². The number of amides is 1. The van der Waals surface area contributed by atoms with Crippen molar-refractivity contribution in [3.63, 3.8) is 0 Å². The highest BCUT2D eigenvalue weighted by Gasteiger charge is 2.08. The number of hydrogen-bond acceptors (Lipinski definition) is 3. The summed E-state index contributed by atoms with van der Waals surface area (Å²) in [5.74, 6) is 0.734. The normalized spacial score (nSPS) is 11.7. The summed E-state index contributed by atoms with van der Waals surface area (Å²) in [6.07, 6.45) is 0. The smallest absolute Gasteiger partial charge is 0.236 e. The lowest BCUT2D eigenvalue weighted by Crippen LogP contribution is -2.22. The average molecular weight is 382 g/mol. The van der Waals surface area contributed by atoms with Crippen molar-refractivity contribution in [1.82, 2.24) is 0 Å². The largest absolute Gasteiger partial charge is 0.493 e. The Kier molecular flexibility index (Phi) is 6.61. The lowest BCUT2D eigenvalue weighted by atomic mass is 10.3. The molecule has 2 aromatic carbocycles. The van der Waals surface area contributed by atoms with Crippen molar-refractivity contribution in [3.8, 4) is 5.75 Å². The fraction of sp³-hybridized carbons (Fsp3) is 0.188. The van der Waals surface area contributed by atoms with Gasteiger partial charge in [0.05, 0.1) is 12.4 Å². The Morgan fingerprint density at radius 2 is 1.91 bits per heavy atom. The van der Waals surface area contributed by atoms with Gasteiger partial charge in [0, 0.05) is 21.0 Å². The highest BCUT2D eigenvalue weighted by molar-refractivity contribution is 9.10. The van der Waals surface area contributed by atoms with E-state index in [4.69, 9.17) is 4.74 Å². The molecule has 6 heteroatoms. The van der Waals surface area contributed by atoms with Gasteiger partial charge in [0.15, 0.2) is 0 Å². The number of anilines is 1. The number of carbonyl (C=O) groups excluding carboxylic acids is 1. The van der Waals surface area contributed by atoms with Crippen molar-refractivity contribution >= 4 is 38.3 Å². The van der Waals surface area contributed by atoms with Gasteiger partial charge in [-0.25, -0.2) is 0 Å². The van der Waals surface area contributed by atoms with Crippen molar-refractivity contribution in [2.24, 2.45) is 0 Å². The molecule has 0 saturated heterocycles. The van der Waals surface area contributed by atoms with Crippen LogP contribution >= 0.6 is 15.9 Å². The van der Waals surface area contributed by atoms with Crippen molar-refractivity contribution in [2.75, 3.05) is 23.4 Å². The minimum absolute atomic E-state index is 0.0310. The van der Waals surface area contributed by atoms with Crippen molar-refractivity contribution in [1.29, 1.82) is 0 Å². The second kappa shape index (κ2) is 8.70. The van der Waals surface area contributed by atoms with Gasteiger partial charge in [-0.15, -0.1) is 0 Å². The lowest BCUT2D eigenvalue weighted by Gasteiger charge is -2.07. The first-order valence-electron chi connectivity index (χ1n) is 6.72. The van der Waals surface area contributed by atoms with Crippen LogP contribution in [0.1, 0.15) is 0 Å². The number of halogens is 1. The van der Waals surface area contributed by atoms with Crippen LogP contribution in [-0.2, 0) is 15.6 Å². The molecule has 22 heavy (non-hydrogen) atoms. The fourth-order valence-electron chi connectivity index (χ4n) is 1.75. The number of nitrogens with one attached hydrogen (secondary N) is 1. The second-order valence-corrected chi connectivity index (χ2v) is 7.00. The summed E-state index contributed by atoms with van der Waals surface area (Å²) in [6, 6.07) is 16.5. The van der Waals surface area contributed by atoms with Crippen LogP contribution in [0.25, 0.3) is 0 Å². The molecule has 1 amide bonds. The summed E-state index contributed by atoms with van der Waals surface area (Å²) in [6.45, 7) is 0.307. The van der Waals surface area contributed by atoms with Crippen LogP contribution in [0, 0.1) is 0 Å². The van der Waals surface area contributed by atoms with Crippen molar-refractivity contribution in [2.45, 2.75) is 0 Å². The predicted molar refractivity (Wildman–Crippen MR) is 92.6 cm³/mol. The van der Waals surface area contributed by atoms with Gasteiger partial charge in [-0.05, 0) is 30.3 Å². The number of carbonyl (C=O) groups is 1. The molecule has 0 aliphatic heterocycles. The van der Waals surface area contributed by atoms with Gasteiger partial charge in [-0.1, -0.05) is 40.2 Å². The van der Waals surface area contributed by atoms with Gasteiger partial charge in [-0.3, -0.25) is 9.00 Å². The highest BCUT2D eigenvalue weighted by Crippen LogP contribution is 2.17. The molecule has 116 valence electrons. The van der Waals surface area contributed by atoms with E-state index in [2.05, 4.69) is 21.2 Å². The Balaban J connectivity index is 1.70. The molecular formula is C16H16BrNO3S. The van der Waals surface area contributed by atoms with Crippen LogP contribution in [0.15, 0.2) is 59.1 Å². The molecule has 0 aliphatic carbocycles. The van der Waals surface area contributed by atoms with Gasteiger partial charge in [0.2, 0.25) is 5.91 Å². The third kappa shape index (κ3) is 5.99. The van der Waals surface area contributed by atoms with Gasteiger partial charge >= 0.3 is 0 Å². The highest BCUT2D eigenvalue weighted by atomic mass is 79.9. The van der Waals surface area contributed by atoms with Crippen LogP contribution in [0.3, 0.4) is 0 Å². The number of rotatable bonds is 7. The molecule has 0 radical (unpaired) electrons. The lowest BCUT2D eigenvalue weighted by molar-refractivity contribution is -0.113. The molecule has 0 aromatic heterocycles. The minimum atomic E-state index is -1.25. The first-order chi connectivity index (χ1) is 10.6. The molecule has 2 aromatic rings. The maximum absolute atomic E-state index is 11.9. The summed E-state index contributed by atoms with van der Waals surface area (Å²) in [5.41, 5.74) is 0.704. The molecule has 0 fully saturated rings. The number of ether oxygens (including phenoxy) is 1. The Bertz CT molecular complexity index is 649. The van der Waals surface area contributed by atoms with Crippen LogP contribution in [0.4, 0.5) is 5.69 Å². The summed E-state index contributed by atoms with van der Waals surface area (Å²) in [5, 5.41) is 2.71. The third-order valence-electron chi connectivity index (χ3n) is 2.73. The fourth-order valence-corrected chi connectivity index (χ4v) is 2.90. The first kappa shape index (κ1) is 16.7. The Morgan fingerprint density at radius 3 is 2.64 bits per heavy atom. The summed E-state index contributed by atoms with van der Waals surface area (Å²) in [7, 11) is -1.25. The van der Waals surface area contributed by atoms with E-state index in [0.29, 0.717) is 23.8 Å². The molecule has 0 spiro atoms. The summed E-state index contributed by atoms with van der Waals surface area (Å²) < 4.78 is 18.3. The second-order valence-electron chi connectivity index (χ2n) is 4.51. The molecule has 1 atom stereocenters. The van der Waals surface area contributed by atoms with Crippen molar-refractivity contribution in [3.05, 3.63) is 59.1 Å². The molecule has 1 N–H and O–H groups in total. The van der Waals surface area contributed by atoms with E-state index in [1.165, 1.54) is 0 Å². The third-order valence-corrected chi connectivity index (χ3v) is 4.42. The molecule has 0 aliphatic rings. The van der Waals surface area contributed by atoms with Crippen LogP contribution in [0.5, 0.6) is 5.75 Å². The Morgan fingerprint density at radius 1 is 1.14 bits per heavy atom. The zero-order valence-corrected chi connectivity index (χ0v) is 14.2. The quantitative estimate of drug-likeness (QED) is 0.800. The Hall–Kier alpha value is -1.66. The van der Waals surface area contributed by atoms with Gasteiger partial charge in [0.25, 0.3) is 0 Å². The first-order valence-corrected chi connectivity index (χ1v) is 9.00. The van der Waals surface area contributed by atoms with E-state index in [-0.39, 0.29) is 11.7 Å². The van der Waals surface area contributed by atoms with Crippen LogP contribution < -0.4 is 10.1 Å². The number of para-hydroxylation sites is 1. The molecule has 0 heterocycles. The van der Waals surface area contributed by atoms with E-state index in [0.717, 1.165) is 4.47 Å². The summed E-state index contributed by atoms with van der Waals surface area (Å²) in [4.78, 5) is 11.7. The monoisotopic (exact) mass is 381 g/mol. The van der Waals surface area contributed by atoms with Gasteiger partial charge < -0.3 is 10.1 Å². The number of benzene rings is 2. The topological polar surface area (TPSA) is 55.4 Å². The standard InChI is InChI=1S/C16H16BrNO3S/c17-13-5-4-8-15(11-13)21-9-10-22(20)12-16(19)18-14-6-2-1-3-7-14/h1-8,11H,9-10,12H2,(H,18,19)/t22-/m1/s1. The van der Waals surface area contributed by atoms with Crippen molar-refractivity contribution < 1.29 is 13.7 Å². The Labute approximate surface area is 140 Å². The summed E-state index contributed by atoms with van der Waals surface area (Å²) >= 11 is 3.35. The van der Waals surface area contributed by atoms with Crippen LogP contribution in [-0.4, -0.2) is 28.2 Å². The molecule has 0 unspecified atom stereocenters. The van der Waals surface area contributed by atoms with E-state index >= 15 is 0 Å². The van der Waals surface area contributed by atoms with Gasteiger partial charge in [-0.2, -0.15) is 0 Å². The maximum atomic E-state index is 11.9. The average Bonchev–Trinajstić information content (AvgIpc) is 2.48. The predicted octanol–water partition coefficient (Wildman–Crippen LogP) is 3.22. The zero-order valence-electron chi connectivity index (χ0n) is 11.8.